The van der Waals surface area contributed by atoms with E-state index in [1.807, 2.05) is 6.07 Å². The minimum absolute atomic E-state index is 0.130. The Labute approximate surface area is 108 Å². The van der Waals surface area contributed by atoms with Gasteiger partial charge < -0.3 is 5.32 Å². The van der Waals surface area contributed by atoms with E-state index >= 15 is 0 Å². The molecule has 0 unspecified atom stereocenters. The van der Waals surface area contributed by atoms with Crippen LogP contribution in [0.15, 0.2) is 18.3 Å². The van der Waals surface area contributed by atoms with Gasteiger partial charge in [0.15, 0.2) is 11.5 Å². The Morgan fingerprint density at radius 1 is 1.61 bits per heavy atom. The van der Waals surface area contributed by atoms with E-state index in [4.69, 9.17) is 16.9 Å². The van der Waals surface area contributed by atoms with Gasteiger partial charge in [-0.05, 0) is 0 Å². The molecule has 0 bridgehead atoms. The van der Waals surface area contributed by atoms with E-state index in [1.54, 1.807) is 19.3 Å². The number of halogens is 1. The Balaban J connectivity index is 2.09. The largest absolute Gasteiger partial charge is 0.304 e. The summed E-state index contributed by atoms with van der Waals surface area (Å²) in [5.41, 5.74) is 0.206. The lowest BCUT2D eigenvalue weighted by molar-refractivity contribution is 0.102. The number of aryl methyl sites for hydroxylation is 1. The topological polar surface area (TPSA) is 88.5 Å². The van der Waals surface area contributed by atoms with Crippen LogP contribution in [-0.4, -0.2) is 25.5 Å². The second-order valence-electron chi connectivity index (χ2n) is 3.49. The van der Waals surface area contributed by atoms with Gasteiger partial charge in [0.05, 0.1) is 6.07 Å². The van der Waals surface area contributed by atoms with E-state index in [0.717, 1.165) is 0 Å². The van der Waals surface area contributed by atoms with Gasteiger partial charge in [-0.1, -0.05) is 11.6 Å². The van der Waals surface area contributed by atoms with Gasteiger partial charge in [-0.2, -0.15) is 15.5 Å². The molecule has 7 nitrogen and oxygen atoms in total. The van der Waals surface area contributed by atoms with Crippen molar-refractivity contribution in [3.8, 4) is 6.07 Å². The monoisotopic (exact) mass is 264 g/mol. The van der Waals surface area contributed by atoms with E-state index in [0.29, 0.717) is 11.0 Å². The zero-order valence-corrected chi connectivity index (χ0v) is 10.2. The van der Waals surface area contributed by atoms with Crippen molar-refractivity contribution in [3.63, 3.8) is 0 Å². The highest BCUT2D eigenvalue weighted by Gasteiger charge is 2.13. The average Bonchev–Trinajstić information content (AvgIpc) is 2.88. The molecule has 0 aromatic carbocycles. The molecule has 2 rings (SSSR count). The summed E-state index contributed by atoms with van der Waals surface area (Å²) in [5, 5.41) is 19.4. The van der Waals surface area contributed by atoms with Crippen molar-refractivity contribution >= 4 is 23.3 Å². The van der Waals surface area contributed by atoms with Crippen LogP contribution in [0.4, 0.5) is 5.82 Å². The summed E-state index contributed by atoms with van der Waals surface area (Å²) in [7, 11) is 1.64. The third-order valence-corrected chi connectivity index (χ3v) is 2.52. The van der Waals surface area contributed by atoms with Gasteiger partial charge in [0.1, 0.15) is 11.7 Å². The Bertz CT molecular complexity index is 603. The predicted molar refractivity (Wildman–Crippen MR) is 64.0 cm³/mol. The fourth-order valence-electron chi connectivity index (χ4n) is 1.32. The third kappa shape index (κ3) is 2.49. The zero-order valence-electron chi connectivity index (χ0n) is 9.46. The van der Waals surface area contributed by atoms with Crippen molar-refractivity contribution in [3.05, 3.63) is 29.2 Å². The molecule has 0 spiro atoms. The lowest BCUT2D eigenvalue weighted by Gasteiger charge is -1.97. The molecule has 0 aliphatic rings. The molecule has 0 saturated carbocycles. The van der Waals surface area contributed by atoms with Crippen molar-refractivity contribution in [2.45, 2.75) is 6.54 Å². The van der Waals surface area contributed by atoms with Gasteiger partial charge in [0.2, 0.25) is 0 Å². The number of nitriles is 1. The molecule has 2 aromatic heterocycles. The van der Waals surface area contributed by atoms with Crippen LogP contribution in [-0.2, 0) is 13.6 Å². The van der Waals surface area contributed by atoms with Crippen LogP contribution < -0.4 is 5.32 Å². The van der Waals surface area contributed by atoms with E-state index < -0.39 is 5.91 Å². The minimum Gasteiger partial charge on any atom is -0.304 e. The number of carbonyl (C=O) groups is 1. The molecule has 0 saturated heterocycles. The quantitative estimate of drug-likeness (QED) is 0.897. The summed E-state index contributed by atoms with van der Waals surface area (Å²) in [5.74, 6) is -0.0447. The zero-order chi connectivity index (χ0) is 13.1. The Kier molecular flexibility index (Phi) is 3.30. The molecule has 0 radical (unpaired) electrons. The molecule has 2 aromatic rings. The van der Waals surface area contributed by atoms with Crippen molar-refractivity contribution in [1.82, 2.24) is 19.6 Å². The van der Waals surface area contributed by atoms with E-state index in [9.17, 15) is 4.79 Å². The number of rotatable bonds is 3. The van der Waals surface area contributed by atoms with E-state index in [1.165, 1.54) is 15.4 Å². The molecule has 1 amide bonds. The lowest BCUT2D eigenvalue weighted by Crippen LogP contribution is -2.13. The molecule has 0 aliphatic heterocycles. The SMILES string of the molecule is Cn1nc(C(=O)Nc2ccn(CC#N)n2)cc1Cl. The molecule has 8 heteroatoms. The number of nitrogens with zero attached hydrogens (tertiary/aromatic N) is 5. The first-order valence-electron chi connectivity index (χ1n) is 5.01. The number of aromatic nitrogens is 4. The second kappa shape index (κ2) is 4.89. The number of amides is 1. The molecule has 0 fully saturated rings. The molecular formula is C10H9ClN6O. The fourth-order valence-corrected chi connectivity index (χ4v) is 1.47. The van der Waals surface area contributed by atoms with Crippen LogP contribution in [0.2, 0.25) is 5.15 Å². The number of hydrogen-bond donors (Lipinski definition) is 1. The highest BCUT2D eigenvalue weighted by Crippen LogP contribution is 2.11. The Morgan fingerprint density at radius 3 is 3.00 bits per heavy atom. The van der Waals surface area contributed by atoms with Crippen LogP contribution in [0.25, 0.3) is 0 Å². The number of anilines is 1. The molecule has 92 valence electrons. The van der Waals surface area contributed by atoms with Gasteiger partial charge in [0.25, 0.3) is 5.91 Å². The van der Waals surface area contributed by atoms with E-state index in [-0.39, 0.29) is 12.2 Å². The molecule has 18 heavy (non-hydrogen) atoms. The van der Waals surface area contributed by atoms with Crippen LogP contribution in [0.1, 0.15) is 10.5 Å². The smallest absolute Gasteiger partial charge is 0.277 e. The van der Waals surface area contributed by atoms with Crippen LogP contribution in [0.5, 0.6) is 0 Å². The molecular weight excluding hydrogens is 256 g/mol. The van der Waals surface area contributed by atoms with Gasteiger partial charge >= 0.3 is 0 Å². The van der Waals surface area contributed by atoms with Gasteiger partial charge in [-0.3, -0.25) is 14.2 Å². The maximum Gasteiger partial charge on any atom is 0.277 e. The Hall–Kier alpha value is -2.33. The highest BCUT2D eigenvalue weighted by atomic mass is 35.5. The summed E-state index contributed by atoms with van der Waals surface area (Å²) in [6, 6.07) is 5.01. The molecule has 1 N–H and O–H groups in total. The van der Waals surface area contributed by atoms with Gasteiger partial charge in [-0.25, -0.2) is 0 Å². The maximum atomic E-state index is 11.8. The molecule has 2 heterocycles. The molecule has 0 aliphatic carbocycles. The summed E-state index contributed by atoms with van der Waals surface area (Å²) < 4.78 is 2.81. The summed E-state index contributed by atoms with van der Waals surface area (Å²) in [6.45, 7) is 0.130. The molecule has 0 atom stereocenters. The normalized spacial score (nSPS) is 10.1. The number of nitrogens with one attached hydrogen (secondary N) is 1. The minimum atomic E-state index is -0.403. The van der Waals surface area contributed by atoms with Gasteiger partial charge in [-0.15, -0.1) is 0 Å². The summed E-state index contributed by atoms with van der Waals surface area (Å²) in [4.78, 5) is 11.8. The number of hydrogen-bond acceptors (Lipinski definition) is 4. The maximum absolute atomic E-state index is 11.8. The van der Waals surface area contributed by atoms with Gasteiger partial charge in [0, 0.05) is 25.4 Å². The Morgan fingerprint density at radius 2 is 2.39 bits per heavy atom. The fraction of sp³-hybridized carbons (Fsp3) is 0.200. The van der Waals surface area contributed by atoms with Crippen LogP contribution >= 0.6 is 11.6 Å². The lowest BCUT2D eigenvalue weighted by atomic mass is 10.4. The van der Waals surface area contributed by atoms with Crippen molar-refractivity contribution in [1.29, 1.82) is 5.26 Å². The second-order valence-corrected chi connectivity index (χ2v) is 3.87. The first kappa shape index (κ1) is 12.1. The third-order valence-electron chi connectivity index (χ3n) is 2.17. The predicted octanol–water partition coefficient (Wildman–Crippen LogP) is 1.05. The first-order valence-corrected chi connectivity index (χ1v) is 5.39. The van der Waals surface area contributed by atoms with Crippen molar-refractivity contribution in [2.24, 2.45) is 7.05 Å². The van der Waals surface area contributed by atoms with Crippen LogP contribution in [0, 0.1) is 11.3 Å². The van der Waals surface area contributed by atoms with E-state index in [2.05, 4.69) is 15.5 Å². The highest BCUT2D eigenvalue weighted by molar-refractivity contribution is 6.30. The number of carbonyl (C=O) groups excluding carboxylic acids is 1. The summed E-state index contributed by atoms with van der Waals surface area (Å²) in [6.07, 6.45) is 1.60. The van der Waals surface area contributed by atoms with Crippen molar-refractivity contribution in [2.75, 3.05) is 5.32 Å². The van der Waals surface area contributed by atoms with Crippen LogP contribution in [0.3, 0.4) is 0 Å². The first-order chi connectivity index (χ1) is 8.60. The average molecular weight is 265 g/mol. The van der Waals surface area contributed by atoms with Crippen molar-refractivity contribution < 1.29 is 4.79 Å². The summed E-state index contributed by atoms with van der Waals surface area (Å²) >= 11 is 5.79. The standard InChI is InChI=1S/C10H9ClN6O/c1-16-8(11)6-7(14-16)10(18)13-9-2-4-17(15-9)5-3-12/h2,4,6H,5H2,1H3,(H,13,15,18).